The minimum absolute atomic E-state index is 0.0551. The topological polar surface area (TPSA) is 72.0 Å². The maximum Gasteiger partial charge on any atom is 0.416 e. The Hall–Kier alpha value is -2.72. The lowest BCUT2D eigenvalue weighted by Gasteiger charge is -2.07. The molecule has 0 radical (unpaired) electrons. The molecule has 1 N–H and O–H groups in total. The number of hydrogen-bond acceptors (Lipinski definition) is 6. The van der Waals surface area contributed by atoms with E-state index in [2.05, 4.69) is 15.5 Å². The van der Waals surface area contributed by atoms with Gasteiger partial charge in [-0.2, -0.15) is 13.2 Å². The van der Waals surface area contributed by atoms with Crippen molar-refractivity contribution in [1.82, 2.24) is 10.2 Å². The van der Waals surface area contributed by atoms with Gasteiger partial charge in [0.2, 0.25) is 5.13 Å². The third kappa shape index (κ3) is 5.64. The van der Waals surface area contributed by atoms with Crippen LogP contribution in [0.4, 0.5) is 18.3 Å². The molecule has 1 heterocycles. The van der Waals surface area contributed by atoms with Crippen LogP contribution in [0.3, 0.4) is 0 Å². The molecular formula is C19H14F3N3O2S2. The molecule has 2 aromatic carbocycles. The Balaban J connectivity index is 1.56. The van der Waals surface area contributed by atoms with E-state index < -0.39 is 17.6 Å². The van der Waals surface area contributed by atoms with Gasteiger partial charge in [0.15, 0.2) is 10.1 Å². The first-order valence-corrected chi connectivity index (χ1v) is 10.1. The maximum absolute atomic E-state index is 12.6. The second kappa shape index (κ2) is 8.75. The number of aryl methyl sites for hydroxylation is 1. The van der Waals surface area contributed by atoms with Crippen LogP contribution in [0.1, 0.15) is 31.8 Å². The third-order valence-corrected chi connectivity index (χ3v) is 5.77. The van der Waals surface area contributed by atoms with E-state index in [4.69, 9.17) is 0 Å². The van der Waals surface area contributed by atoms with Gasteiger partial charge >= 0.3 is 6.18 Å². The Bertz CT molecular complexity index is 1020. The first-order chi connectivity index (χ1) is 13.7. The molecule has 1 aromatic heterocycles. The van der Waals surface area contributed by atoms with Crippen molar-refractivity contribution in [1.29, 1.82) is 0 Å². The van der Waals surface area contributed by atoms with Crippen molar-refractivity contribution >= 4 is 39.9 Å². The Morgan fingerprint density at radius 3 is 2.24 bits per heavy atom. The summed E-state index contributed by atoms with van der Waals surface area (Å²) >= 11 is 2.27. The number of ketones is 1. The molecule has 0 bridgehead atoms. The summed E-state index contributed by atoms with van der Waals surface area (Å²) in [5.74, 6) is -0.479. The zero-order chi connectivity index (χ0) is 21.0. The number of thioether (sulfide) groups is 1. The van der Waals surface area contributed by atoms with Crippen LogP contribution in [0, 0.1) is 6.92 Å². The monoisotopic (exact) mass is 437 g/mol. The fraction of sp³-hybridized carbons (Fsp3) is 0.158. The van der Waals surface area contributed by atoms with Crippen LogP contribution < -0.4 is 5.32 Å². The smallest absolute Gasteiger partial charge is 0.296 e. The molecule has 0 aliphatic carbocycles. The minimum Gasteiger partial charge on any atom is -0.296 e. The van der Waals surface area contributed by atoms with Crippen LogP contribution in [-0.4, -0.2) is 27.6 Å². The van der Waals surface area contributed by atoms with Crippen LogP contribution in [0.15, 0.2) is 52.9 Å². The number of carbonyl (C=O) groups is 2. The molecule has 0 atom stereocenters. The van der Waals surface area contributed by atoms with Crippen molar-refractivity contribution in [3.63, 3.8) is 0 Å². The largest absolute Gasteiger partial charge is 0.416 e. The fourth-order valence-corrected chi connectivity index (χ4v) is 3.89. The summed E-state index contributed by atoms with van der Waals surface area (Å²) in [6.07, 6.45) is -4.46. The number of halogens is 3. The minimum atomic E-state index is -4.46. The Morgan fingerprint density at radius 2 is 1.62 bits per heavy atom. The zero-order valence-electron chi connectivity index (χ0n) is 15.0. The van der Waals surface area contributed by atoms with Crippen molar-refractivity contribution in [3.8, 4) is 0 Å². The van der Waals surface area contributed by atoms with Crippen molar-refractivity contribution in [2.45, 2.75) is 17.4 Å². The van der Waals surface area contributed by atoms with Crippen LogP contribution in [-0.2, 0) is 6.18 Å². The van der Waals surface area contributed by atoms with Gasteiger partial charge in [0.05, 0.1) is 11.3 Å². The summed E-state index contributed by atoms with van der Waals surface area (Å²) in [5.41, 5.74) is 0.897. The van der Waals surface area contributed by atoms with E-state index in [0.717, 1.165) is 41.2 Å². The quantitative estimate of drug-likeness (QED) is 0.330. The lowest BCUT2D eigenvalue weighted by Crippen LogP contribution is -2.12. The number of carbonyl (C=O) groups excluding carboxylic acids is 2. The van der Waals surface area contributed by atoms with Gasteiger partial charge in [-0.15, -0.1) is 10.2 Å². The van der Waals surface area contributed by atoms with E-state index >= 15 is 0 Å². The molecule has 0 aliphatic heterocycles. The Kier molecular flexibility index (Phi) is 6.33. The molecule has 3 aromatic rings. The van der Waals surface area contributed by atoms with Crippen LogP contribution >= 0.6 is 23.1 Å². The number of alkyl halides is 3. The second-order valence-corrected chi connectivity index (χ2v) is 8.18. The predicted octanol–water partition coefficient (Wildman–Crippen LogP) is 5.09. The molecule has 0 unspecified atom stereocenters. The highest BCUT2D eigenvalue weighted by atomic mass is 32.2. The van der Waals surface area contributed by atoms with E-state index in [1.165, 1.54) is 11.8 Å². The molecule has 10 heteroatoms. The number of rotatable bonds is 6. The SMILES string of the molecule is Cc1ccc(C(=O)CSc2nnc(NC(=O)c3ccc(C(F)(F)F)cc3)s2)cc1. The number of hydrogen-bond donors (Lipinski definition) is 1. The lowest BCUT2D eigenvalue weighted by atomic mass is 10.1. The molecule has 29 heavy (non-hydrogen) atoms. The molecule has 0 fully saturated rings. The summed E-state index contributed by atoms with van der Waals surface area (Å²) < 4.78 is 38.2. The highest BCUT2D eigenvalue weighted by Crippen LogP contribution is 2.30. The van der Waals surface area contributed by atoms with Gasteiger partial charge in [0.1, 0.15) is 0 Å². The van der Waals surface area contributed by atoms with Gasteiger partial charge in [-0.3, -0.25) is 14.9 Å². The molecule has 1 amide bonds. The van der Waals surface area contributed by atoms with Gasteiger partial charge < -0.3 is 0 Å². The van der Waals surface area contributed by atoms with Gasteiger partial charge in [0, 0.05) is 11.1 Å². The normalized spacial score (nSPS) is 11.3. The number of benzene rings is 2. The van der Waals surface area contributed by atoms with Gasteiger partial charge in [-0.05, 0) is 31.2 Å². The maximum atomic E-state index is 12.6. The highest BCUT2D eigenvalue weighted by molar-refractivity contribution is 8.01. The molecular weight excluding hydrogens is 423 g/mol. The molecule has 3 rings (SSSR count). The van der Waals surface area contributed by atoms with Crippen molar-refractivity contribution in [2.24, 2.45) is 0 Å². The number of nitrogens with one attached hydrogen (secondary N) is 1. The molecule has 0 spiro atoms. The lowest BCUT2D eigenvalue weighted by molar-refractivity contribution is -0.137. The second-order valence-electron chi connectivity index (χ2n) is 5.98. The van der Waals surface area contributed by atoms with Gasteiger partial charge in [-0.25, -0.2) is 0 Å². The Morgan fingerprint density at radius 1 is 1.00 bits per heavy atom. The fourth-order valence-electron chi connectivity index (χ4n) is 2.25. The summed E-state index contributed by atoms with van der Waals surface area (Å²) in [5, 5.41) is 10.4. The first-order valence-electron chi connectivity index (χ1n) is 8.27. The van der Waals surface area contributed by atoms with Crippen LogP contribution in [0.2, 0.25) is 0 Å². The molecule has 5 nitrogen and oxygen atoms in total. The molecule has 0 aliphatic rings. The summed E-state index contributed by atoms with van der Waals surface area (Å²) in [7, 11) is 0. The number of aromatic nitrogens is 2. The Labute approximate surface area is 172 Å². The number of anilines is 1. The standard InChI is InChI=1S/C19H14F3N3O2S2/c1-11-2-4-12(5-3-11)15(26)10-28-18-25-24-17(29-18)23-16(27)13-6-8-14(9-7-13)19(20,21)22/h2-9H,10H2,1H3,(H,23,24,27). The van der Waals surface area contributed by atoms with E-state index in [1.54, 1.807) is 12.1 Å². The average molecular weight is 437 g/mol. The van der Waals surface area contributed by atoms with Crippen LogP contribution in [0.25, 0.3) is 0 Å². The number of Topliss-reactive ketones (excluding diaryl/α,β-unsaturated/α-hetero) is 1. The first kappa shape index (κ1) is 21.0. The summed E-state index contributed by atoms with van der Waals surface area (Å²) in [6, 6.07) is 11.1. The summed E-state index contributed by atoms with van der Waals surface area (Å²) in [4.78, 5) is 24.3. The average Bonchev–Trinajstić information content (AvgIpc) is 3.13. The zero-order valence-corrected chi connectivity index (χ0v) is 16.6. The molecule has 150 valence electrons. The van der Waals surface area contributed by atoms with Crippen molar-refractivity contribution in [3.05, 3.63) is 70.8 Å². The number of amides is 1. The number of nitrogens with zero attached hydrogens (tertiary/aromatic N) is 2. The van der Waals surface area contributed by atoms with Gasteiger partial charge in [-0.1, -0.05) is 52.9 Å². The van der Waals surface area contributed by atoms with Crippen molar-refractivity contribution in [2.75, 3.05) is 11.1 Å². The van der Waals surface area contributed by atoms with Gasteiger partial charge in [0.25, 0.3) is 5.91 Å². The molecule has 0 saturated carbocycles. The van der Waals surface area contributed by atoms with Crippen LogP contribution in [0.5, 0.6) is 0 Å². The predicted molar refractivity (Wildman–Crippen MR) is 106 cm³/mol. The van der Waals surface area contributed by atoms with E-state index in [-0.39, 0.29) is 22.2 Å². The third-order valence-electron chi connectivity index (χ3n) is 3.80. The van der Waals surface area contributed by atoms with E-state index in [1.807, 2.05) is 19.1 Å². The van der Waals surface area contributed by atoms with Crippen molar-refractivity contribution < 1.29 is 22.8 Å². The highest BCUT2D eigenvalue weighted by Gasteiger charge is 2.30. The summed E-state index contributed by atoms with van der Waals surface area (Å²) in [6.45, 7) is 1.94. The van der Waals surface area contributed by atoms with E-state index in [9.17, 15) is 22.8 Å². The van der Waals surface area contributed by atoms with E-state index in [0.29, 0.717) is 9.90 Å². The molecule has 0 saturated heterocycles.